The second-order valence-electron chi connectivity index (χ2n) is 7.09. The van der Waals surface area contributed by atoms with Crippen LogP contribution in [0.25, 0.3) is 22.1 Å². The predicted molar refractivity (Wildman–Crippen MR) is 102 cm³/mol. The molecule has 7 heteroatoms. The number of pyridine rings is 1. The molecule has 4 rings (SSSR count). The van der Waals surface area contributed by atoms with Crippen LogP contribution in [0, 0.1) is 19.8 Å². The summed E-state index contributed by atoms with van der Waals surface area (Å²) in [6.45, 7) is 7.73. The molecule has 0 aliphatic rings. The summed E-state index contributed by atoms with van der Waals surface area (Å²) in [7, 11) is 0. The molecule has 1 amide bonds. The SMILES string of the molecule is Cc1cc(C(=O)N[C@@H](c2nc3ccccc3[nH]2)C(C)C)c2c(C)noc2n1. The third-order valence-electron chi connectivity index (χ3n) is 4.65. The largest absolute Gasteiger partial charge is 0.342 e. The number of aromatic amines is 1. The molecule has 3 heterocycles. The molecule has 0 aliphatic carbocycles. The van der Waals surface area contributed by atoms with Crippen LogP contribution in [0.2, 0.25) is 0 Å². The van der Waals surface area contributed by atoms with Gasteiger partial charge < -0.3 is 14.8 Å². The Morgan fingerprint density at radius 2 is 1.96 bits per heavy atom. The molecule has 0 spiro atoms. The first-order chi connectivity index (χ1) is 12.9. The van der Waals surface area contributed by atoms with Gasteiger partial charge >= 0.3 is 0 Å². The van der Waals surface area contributed by atoms with Crippen LogP contribution in [0.15, 0.2) is 34.9 Å². The van der Waals surface area contributed by atoms with Crippen molar-refractivity contribution in [2.45, 2.75) is 33.7 Å². The number of H-pyrrole nitrogens is 1. The number of hydrogen-bond acceptors (Lipinski definition) is 5. The van der Waals surface area contributed by atoms with E-state index in [1.807, 2.05) is 31.2 Å². The Labute approximate surface area is 156 Å². The summed E-state index contributed by atoms with van der Waals surface area (Å²) in [5.41, 5.74) is 4.07. The summed E-state index contributed by atoms with van der Waals surface area (Å²) < 4.78 is 5.24. The Hall–Kier alpha value is -3.22. The fraction of sp³-hybridized carbons (Fsp3) is 0.300. The molecule has 0 fully saturated rings. The van der Waals surface area contributed by atoms with Crippen molar-refractivity contribution < 1.29 is 9.32 Å². The Bertz CT molecular complexity index is 1110. The van der Waals surface area contributed by atoms with Gasteiger partial charge in [0, 0.05) is 5.69 Å². The Morgan fingerprint density at radius 1 is 1.19 bits per heavy atom. The van der Waals surface area contributed by atoms with Crippen molar-refractivity contribution in [2.75, 3.05) is 0 Å². The van der Waals surface area contributed by atoms with E-state index in [-0.39, 0.29) is 17.9 Å². The molecular formula is C20H21N5O2. The molecule has 138 valence electrons. The number of benzene rings is 1. The molecule has 1 aromatic carbocycles. The molecular weight excluding hydrogens is 342 g/mol. The van der Waals surface area contributed by atoms with Gasteiger partial charge in [-0.2, -0.15) is 0 Å². The fourth-order valence-electron chi connectivity index (χ4n) is 3.29. The van der Waals surface area contributed by atoms with E-state index in [0.717, 1.165) is 16.9 Å². The standard InChI is InChI=1S/C20H21N5O2/c1-10(2)17(18-22-14-7-5-6-8-15(14)23-18)24-19(26)13-9-11(3)21-20-16(13)12(4)25-27-20/h5-10,17H,1-4H3,(H,22,23)(H,24,26)/t17-/m1/s1. The molecule has 0 saturated heterocycles. The van der Waals surface area contributed by atoms with Crippen LogP contribution >= 0.6 is 0 Å². The molecule has 0 radical (unpaired) electrons. The number of carbonyl (C=O) groups excluding carboxylic acids is 1. The number of amides is 1. The van der Waals surface area contributed by atoms with Crippen molar-refractivity contribution in [1.82, 2.24) is 25.4 Å². The summed E-state index contributed by atoms with van der Waals surface area (Å²) in [5, 5.41) is 7.71. The van der Waals surface area contributed by atoms with Gasteiger partial charge in [-0.05, 0) is 38.0 Å². The molecule has 0 bridgehead atoms. The van der Waals surface area contributed by atoms with E-state index >= 15 is 0 Å². The van der Waals surface area contributed by atoms with E-state index in [4.69, 9.17) is 4.52 Å². The first-order valence-electron chi connectivity index (χ1n) is 8.93. The average molecular weight is 363 g/mol. The van der Waals surface area contributed by atoms with Crippen LogP contribution in [0.5, 0.6) is 0 Å². The topological polar surface area (TPSA) is 96.7 Å². The number of hydrogen-bond donors (Lipinski definition) is 2. The number of fused-ring (bicyclic) bond motifs is 2. The maximum Gasteiger partial charge on any atom is 0.258 e. The predicted octanol–water partition coefficient (Wildman–Crippen LogP) is 3.84. The summed E-state index contributed by atoms with van der Waals surface area (Å²) in [6, 6.07) is 9.33. The van der Waals surface area contributed by atoms with Gasteiger partial charge in [-0.25, -0.2) is 9.97 Å². The van der Waals surface area contributed by atoms with E-state index < -0.39 is 0 Å². The van der Waals surface area contributed by atoms with Crippen LogP contribution in [0.4, 0.5) is 0 Å². The van der Waals surface area contributed by atoms with Gasteiger partial charge in [0.15, 0.2) is 0 Å². The van der Waals surface area contributed by atoms with Crippen molar-refractivity contribution in [3.05, 3.63) is 53.1 Å². The average Bonchev–Trinajstić information content (AvgIpc) is 3.22. The number of aromatic nitrogens is 4. The number of nitrogens with one attached hydrogen (secondary N) is 2. The molecule has 1 atom stereocenters. The highest BCUT2D eigenvalue weighted by Crippen LogP contribution is 2.25. The number of aryl methyl sites for hydroxylation is 2. The lowest BCUT2D eigenvalue weighted by Gasteiger charge is -2.20. The summed E-state index contributed by atoms with van der Waals surface area (Å²) in [4.78, 5) is 25.4. The van der Waals surface area contributed by atoms with E-state index in [1.165, 1.54) is 0 Å². The fourth-order valence-corrected chi connectivity index (χ4v) is 3.29. The minimum atomic E-state index is -0.256. The lowest BCUT2D eigenvalue weighted by Crippen LogP contribution is -2.32. The van der Waals surface area contributed by atoms with E-state index in [2.05, 4.69) is 39.3 Å². The second-order valence-corrected chi connectivity index (χ2v) is 7.09. The minimum absolute atomic E-state index is 0.150. The summed E-state index contributed by atoms with van der Waals surface area (Å²) in [5.74, 6) is 0.691. The molecule has 0 saturated carbocycles. The van der Waals surface area contributed by atoms with Crippen molar-refractivity contribution in [1.29, 1.82) is 0 Å². The normalized spacial score (nSPS) is 12.8. The lowest BCUT2D eigenvalue weighted by molar-refractivity contribution is 0.0925. The van der Waals surface area contributed by atoms with Crippen LogP contribution in [-0.4, -0.2) is 26.0 Å². The monoisotopic (exact) mass is 363 g/mol. The molecule has 2 N–H and O–H groups in total. The maximum atomic E-state index is 13.1. The molecule has 27 heavy (non-hydrogen) atoms. The third kappa shape index (κ3) is 3.05. The number of para-hydroxylation sites is 2. The van der Waals surface area contributed by atoms with Gasteiger partial charge in [-0.1, -0.05) is 31.1 Å². The molecule has 0 unspecified atom stereocenters. The smallest absolute Gasteiger partial charge is 0.258 e. The molecule has 0 aliphatic heterocycles. The van der Waals surface area contributed by atoms with Crippen LogP contribution < -0.4 is 5.32 Å². The molecule has 7 nitrogen and oxygen atoms in total. The van der Waals surface area contributed by atoms with Gasteiger partial charge in [-0.15, -0.1) is 0 Å². The van der Waals surface area contributed by atoms with Crippen LogP contribution in [0.3, 0.4) is 0 Å². The van der Waals surface area contributed by atoms with Crippen LogP contribution in [0.1, 0.15) is 47.5 Å². The van der Waals surface area contributed by atoms with Crippen molar-refractivity contribution in [3.8, 4) is 0 Å². The zero-order chi connectivity index (χ0) is 19.1. The van der Waals surface area contributed by atoms with Crippen molar-refractivity contribution in [3.63, 3.8) is 0 Å². The highest BCUT2D eigenvalue weighted by atomic mass is 16.5. The first-order valence-corrected chi connectivity index (χ1v) is 8.93. The van der Waals surface area contributed by atoms with Crippen molar-refractivity contribution in [2.24, 2.45) is 5.92 Å². The molecule has 4 aromatic rings. The van der Waals surface area contributed by atoms with Crippen molar-refractivity contribution >= 4 is 28.0 Å². The van der Waals surface area contributed by atoms with Gasteiger partial charge in [0.05, 0.1) is 33.7 Å². The van der Waals surface area contributed by atoms with E-state index in [9.17, 15) is 4.79 Å². The van der Waals surface area contributed by atoms with Crippen LogP contribution in [-0.2, 0) is 0 Å². The lowest BCUT2D eigenvalue weighted by atomic mass is 10.0. The second kappa shape index (κ2) is 6.50. The molecule has 3 aromatic heterocycles. The number of imidazole rings is 1. The van der Waals surface area contributed by atoms with Gasteiger partial charge in [0.1, 0.15) is 5.82 Å². The van der Waals surface area contributed by atoms with Gasteiger partial charge in [0.2, 0.25) is 0 Å². The zero-order valence-electron chi connectivity index (χ0n) is 15.7. The van der Waals surface area contributed by atoms with Gasteiger partial charge in [-0.3, -0.25) is 4.79 Å². The third-order valence-corrected chi connectivity index (χ3v) is 4.65. The summed E-state index contributed by atoms with van der Waals surface area (Å²) in [6.07, 6.45) is 0. The number of nitrogens with zero attached hydrogens (tertiary/aromatic N) is 3. The minimum Gasteiger partial charge on any atom is -0.342 e. The number of carbonyl (C=O) groups is 1. The Morgan fingerprint density at radius 3 is 2.70 bits per heavy atom. The quantitative estimate of drug-likeness (QED) is 0.574. The summed E-state index contributed by atoms with van der Waals surface area (Å²) >= 11 is 0. The number of rotatable bonds is 4. The zero-order valence-corrected chi connectivity index (χ0v) is 15.7. The van der Waals surface area contributed by atoms with Gasteiger partial charge in [0.25, 0.3) is 11.6 Å². The van der Waals surface area contributed by atoms with E-state index in [0.29, 0.717) is 28.1 Å². The first kappa shape index (κ1) is 17.2. The highest BCUT2D eigenvalue weighted by Gasteiger charge is 2.25. The van der Waals surface area contributed by atoms with E-state index in [1.54, 1.807) is 13.0 Å². The highest BCUT2D eigenvalue weighted by molar-refractivity contribution is 6.06. The Balaban J connectivity index is 1.72. The Kier molecular flexibility index (Phi) is 4.14. The maximum absolute atomic E-state index is 13.1.